The van der Waals surface area contributed by atoms with E-state index in [2.05, 4.69) is 16.0 Å². The molecule has 0 atom stereocenters. The van der Waals surface area contributed by atoms with Crippen molar-refractivity contribution in [2.45, 2.75) is 39.5 Å². The Morgan fingerprint density at radius 1 is 0.781 bits per heavy atom. The Hall–Kier alpha value is -3.35. The molecule has 0 radical (unpaired) electrons. The van der Waals surface area contributed by atoms with Gasteiger partial charge in [0.2, 0.25) is 11.8 Å². The van der Waals surface area contributed by atoms with Crippen LogP contribution in [0.3, 0.4) is 0 Å². The monoisotopic (exact) mass is 436 g/mol. The molecule has 170 valence electrons. The van der Waals surface area contributed by atoms with E-state index in [0.29, 0.717) is 16.9 Å². The molecule has 3 amide bonds. The fourth-order valence-electron chi connectivity index (χ4n) is 3.50. The number of nitrogens with one attached hydrogen (secondary N) is 3. The van der Waals surface area contributed by atoms with Crippen LogP contribution in [0.2, 0.25) is 0 Å². The van der Waals surface area contributed by atoms with Crippen LogP contribution in [0.15, 0.2) is 48.5 Å². The van der Waals surface area contributed by atoms with Crippen molar-refractivity contribution in [2.24, 2.45) is 5.92 Å². The van der Waals surface area contributed by atoms with Gasteiger partial charge in [-0.1, -0.05) is 26.7 Å². The average molecular weight is 437 g/mol. The molecule has 1 aliphatic rings. The number of hydrogen-bond donors (Lipinski definition) is 3. The summed E-state index contributed by atoms with van der Waals surface area (Å²) in [6.07, 6.45) is 4.48. The van der Waals surface area contributed by atoms with Gasteiger partial charge in [0.25, 0.3) is 5.91 Å². The molecule has 0 bridgehead atoms. The third-order valence-corrected chi connectivity index (χ3v) is 5.44. The summed E-state index contributed by atoms with van der Waals surface area (Å²) in [7, 11) is 0. The minimum atomic E-state index is -0.186. The predicted octanol–water partition coefficient (Wildman–Crippen LogP) is 4.35. The van der Waals surface area contributed by atoms with Crippen LogP contribution in [0.25, 0.3) is 0 Å². The molecule has 3 rings (SSSR count). The highest BCUT2D eigenvalue weighted by Crippen LogP contribution is 2.17. The van der Waals surface area contributed by atoms with Gasteiger partial charge in [-0.15, -0.1) is 0 Å². The summed E-state index contributed by atoms with van der Waals surface area (Å²) < 4.78 is 0. The Morgan fingerprint density at radius 3 is 1.91 bits per heavy atom. The van der Waals surface area contributed by atoms with Crippen LogP contribution in [0.5, 0.6) is 0 Å². The molecule has 7 nitrogen and oxygen atoms in total. The lowest BCUT2D eigenvalue weighted by Gasteiger charge is -2.20. The van der Waals surface area contributed by atoms with Crippen LogP contribution in [-0.2, 0) is 9.59 Å². The first-order valence-electron chi connectivity index (χ1n) is 11.3. The first-order valence-corrected chi connectivity index (χ1v) is 11.3. The van der Waals surface area contributed by atoms with Crippen LogP contribution >= 0.6 is 0 Å². The fraction of sp³-hybridized carbons (Fsp3) is 0.400. The highest BCUT2D eigenvalue weighted by atomic mass is 16.2. The molecule has 32 heavy (non-hydrogen) atoms. The van der Waals surface area contributed by atoms with Gasteiger partial charge in [-0.2, -0.15) is 0 Å². The number of carbonyl (C=O) groups is 3. The van der Waals surface area contributed by atoms with E-state index in [1.807, 2.05) is 30.9 Å². The lowest BCUT2D eigenvalue weighted by molar-refractivity contribution is -0.119. The van der Waals surface area contributed by atoms with E-state index in [1.54, 1.807) is 36.4 Å². The zero-order chi connectivity index (χ0) is 22.9. The van der Waals surface area contributed by atoms with Crippen molar-refractivity contribution >= 4 is 34.8 Å². The van der Waals surface area contributed by atoms with Crippen molar-refractivity contribution in [3.63, 3.8) is 0 Å². The molecule has 0 aliphatic carbocycles. The molecule has 2 aromatic rings. The Bertz CT molecular complexity index is 915. The summed E-state index contributed by atoms with van der Waals surface area (Å²) in [6, 6.07) is 14.3. The summed E-state index contributed by atoms with van der Waals surface area (Å²) in [5.74, 6) is -0.254. The smallest absolute Gasteiger partial charge is 0.253 e. The number of amides is 3. The number of benzene rings is 2. The Morgan fingerprint density at radius 2 is 1.31 bits per heavy atom. The number of anilines is 3. The normalized spacial score (nSPS) is 13.9. The highest BCUT2D eigenvalue weighted by Gasteiger charge is 2.17. The first-order chi connectivity index (χ1) is 15.4. The number of carbonyl (C=O) groups excluding carboxylic acids is 3. The summed E-state index contributed by atoms with van der Waals surface area (Å²) in [5, 5.41) is 8.72. The maximum Gasteiger partial charge on any atom is 0.253 e. The van der Waals surface area contributed by atoms with Crippen LogP contribution < -0.4 is 16.0 Å². The van der Waals surface area contributed by atoms with Gasteiger partial charge in [-0.25, -0.2) is 0 Å². The maximum atomic E-state index is 12.7. The van der Waals surface area contributed by atoms with Gasteiger partial charge in [0.1, 0.15) is 0 Å². The Kier molecular flexibility index (Phi) is 8.25. The fourth-order valence-corrected chi connectivity index (χ4v) is 3.50. The number of likely N-dealkylation sites (tertiary alicyclic amines) is 1. The quantitative estimate of drug-likeness (QED) is 0.602. The minimum absolute atomic E-state index is 0.0377. The van der Waals surface area contributed by atoms with Crippen molar-refractivity contribution in [1.82, 2.24) is 4.90 Å². The zero-order valence-corrected chi connectivity index (χ0v) is 18.8. The van der Waals surface area contributed by atoms with Gasteiger partial charge >= 0.3 is 0 Å². The van der Waals surface area contributed by atoms with E-state index in [-0.39, 0.29) is 30.2 Å². The molecule has 2 aromatic carbocycles. The molecular weight excluding hydrogens is 404 g/mol. The van der Waals surface area contributed by atoms with Crippen LogP contribution in [-0.4, -0.2) is 42.3 Å². The second-order valence-corrected chi connectivity index (χ2v) is 8.41. The third kappa shape index (κ3) is 6.83. The molecule has 1 saturated heterocycles. The lowest BCUT2D eigenvalue weighted by Crippen LogP contribution is -2.31. The summed E-state index contributed by atoms with van der Waals surface area (Å²) in [5.41, 5.74) is 2.79. The van der Waals surface area contributed by atoms with Gasteiger partial charge < -0.3 is 20.9 Å². The summed E-state index contributed by atoms with van der Waals surface area (Å²) in [6.45, 7) is 5.41. The molecule has 0 spiro atoms. The van der Waals surface area contributed by atoms with E-state index in [4.69, 9.17) is 0 Å². The SMILES string of the molecule is CC(C)C(=O)Nc1ccc(NCC(=O)Nc2ccc(C(=O)N3CCCCCC3)cc2)cc1. The average Bonchev–Trinajstić information content (AvgIpc) is 3.08. The largest absolute Gasteiger partial charge is 0.376 e. The third-order valence-electron chi connectivity index (χ3n) is 5.44. The summed E-state index contributed by atoms with van der Waals surface area (Å²) >= 11 is 0. The van der Waals surface area contributed by atoms with E-state index < -0.39 is 0 Å². The number of nitrogens with zero attached hydrogens (tertiary/aromatic N) is 1. The van der Waals surface area contributed by atoms with Gasteiger partial charge in [-0.3, -0.25) is 14.4 Å². The van der Waals surface area contributed by atoms with Gasteiger partial charge in [0, 0.05) is 41.6 Å². The van der Waals surface area contributed by atoms with Crippen molar-refractivity contribution in [3.05, 3.63) is 54.1 Å². The molecule has 7 heteroatoms. The Labute approximate surface area is 189 Å². The molecule has 0 unspecified atom stereocenters. The van der Waals surface area contributed by atoms with Gasteiger partial charge in [0.15, 0.2) is 0 Å². The second-order valence-electron chi connectivity index (χ2n) is 8.41. The predicted molar refractivity (Wildman–Crippen MR) is 128 cm³/mol. The maximum absolute atomic E-state index is 12.7. The molecule has 1 heterocycles. The molecule has 1 fully saturated rings. The molecule has 0 saturated carbocycles. The van der Waals surface area contributed by atoms with Crippen LogP contribution in [0.4, 0.5) is 17.1 Å². The van der Waals surface area contributed by atoms with E-state index in [1.165, 1.54) is 12.8 Å². The van der Waals surface area contributed by atoms with Gasteiger partial charge in [0.05, 0.1) is 6.54 Å². The number of hydrogen-bond acceptors (Lipinski definition) is 4. The standard InChI is InChI=1S/C25H32N4O3/c1-18(2)24(31)28-22-13-11-20(12-14-22)26-17-23(30)27-21-9-7-19(8-10-21)25(32)29-15-5-3-4-6-16-29/h7-14,18,26H,3-6,15-17H2,1-2H3,(H,27,30)(H,28,31). The van der Waals surface area contributed by atoms with E-state index in [0.717, 1.165) is 31.6 Å². The molecular formula is C25H32N4O3. The van der Waals surface area contributed by atoms with E-state index >= 15 is 0 Å². The molecule has 0 aromatic heterocycles. The molecule has 3 N–H and O–H groups in total. The van der Waals surface area contributed by atoms with Gasteiger partial charge in [-0.05, 0) is 61.4 Å². The van der Waals surface area contributed by atoms with Crippen molar-refractivity contribution in [1.29, 1.82) is 0 Å². The van der Waals surface area contributed by atoms with Crippen LogP contribution in [0, 0.1) is 5.92 Å². The number of rotatable bonds is 7. The van der Waals surface area contributed by atoms with Crippen molar-refractivity contribution < 1.29 is 14.4 Å². The zero-order valence-electron chi connectivity index (χ0n) is 18.8. The van der Waals surface area contributed by atoms with Crippen LogP contribution in [0.1, 0.15) is 49.9 Å². The first kappa shape index (κ1) is 23.3. The van der Waals surface area contributed by atoms with Crippen molar-refractivity contribution in [3.8, 4) is 0 Å². The minimum Gasteiger partial charge on any atom is -0.376 e. The van der Waals surface area contributed by atoms with Crippen molar-refractivity contribution in [2.75, 3.05) is 35.6 Å². The topological polar surface area (TPSA) is 90.5 Å². The van der Waals surface area contributed by atoms with E-state index in [9.17, 15) is 14.4 Å². The second kappa shape index (κ2) is 11.3. The molecule has 1 aliphatic heterocycles. The summed E-state index contributed by atoms with van der Waals surface area (Å²) in [4.78, 5) is 38.6. The Balaban J connectivity index is 1.46. The lowest BCUT2D eigenvalue weighted by atomic mass is 10.1. The highest BCUT2D eigenvalue weighted by molar-refractivity contribution is 5.97.